The lowest BCUT2D eigenvalue weighted by Crippen LogP contribution is -2.25. The zero-order valence-corrected chi connectivity index (χ0v) is 33.4. The summed E-state index contributed by atoms with van der Waals surface area (Å²) in [6.07, 6.45) is 49.5. The van der Waals surface area contributed by atoms with Crippen LogP contribution in [-0.4, -0.2) is 36.4 Å². The second-order valence-corrected chi connectivity index (χ2v) is 14.8. The zero-order chi connectivity index (χ0) is 36.4. The first-order chi connectivity index (χ1) is 24.6. The van der Waals surface area contributed by atoms with Crippen LogP contribution in [0, 0.1) is 0 Å². The second-order valence-electron chi connectivity index (χ2n) is 14.8. The molecule has 0 unspecified atom stereocenters. The monoisotopic (exact) mass is 705 g/mol. The molecule has 1 atom stereocenters. The average Bonchev–Trinajstić information content (AvgIpc) is 3.12. The zero-order valence-electron chi connectivity index (χ0n) is 33.4. The Labute approximate surface area is 311 Å². The maximum absolute atomic E-state index is 12.0. The van der Waals surface area contributed by atoms with Gasteiger partial charge in [0.05, 0.1) is 0 Å². The quantitative estimate of drug-likeness (QED) is 0.0390. The Morgan fingerprint density at radius 2 is 0.640 bits per heavy atom. The van der Waals surface area contributed by atoms with Crippen LogP contribution >= 0.6 is 0 Å². The molecule has 0 aromatic carbocycles. The van der Waals surface area contributed by atoms with Crippen LogP contribution in [0.3, 0.4) is 0 Å². The third-order valence-corrected chi connectivity index (χ3v) is 9.66. The number of allylic oxidation sites excluding steroid dienone is 4. The Morgan fingerprint density at radius 1 is 0.400 bits per heavy atom. The van der Waals surface area contributed by atoms with Gasteiger partial charge in [-0.1, -0.05) is 179 Å². The minimum atomic E-state index is -0.963. The highest BCUT2D eigenvalue weighted by Gasteiger charge is 2.12. The molecule has 0 aliphatic heterocycles. The molecule has 0 bridgehead atoms. The van der Waals surface area contributed by atoms with E-state index in [4.69, 9.17) is 9.47 Å². The van der Waals surface area contributed by atoms with Gasteiger partial charge < -0.3 is 14.6 Å². The summed E-state index contributed by atoms with van der Waals surface area (Å²) in [5, 5.41) is 10.0. The van der Waals surface area contributed by atoms with Gasteiger partial charge >= 0.3 is 11.9 Å². The maximum Gasteiger partial charge on any atom is 0.305 e. The SMILES string of the molecule is CCCCCCCC/C=C\CCCCCCCCCCCC(=O)OC[C@H](O)COC(=O)CCCCCCCCC/C=C\CCCCCCCC. The van der Waals surface area contributed by atoms with Gasteiger partial charge in [-0.15, -0.1) is 0 Å². The first kappa shape index (κ1) is 48.4. The fourth-order valence-corrected chi connectivity index (χ4v) is 6.31. The number of carbonyl (C=O) groups is 2. The summed E-state index contributed by atoms with van der Waals surface area (Å²) in [6.45, 7) is 4.31. The van der Waals surface area contributed by atoms with E-state index in [2.05, 4.69) is 38.2 Å². The van der Waals surface area contributed by atoms with Crippen LogP contribution in [0.4, 0.5) is 0 Å². The molecule has 0 heterocycles. The highest BCUT2D eigenvalue weighted by molar-refractivity contribution is 5.69. The van der Waals surface area contributed by atoms with Gasteiger partial charge in [0.2, 0.25) is 0 Å². The molecule has 0 amide bonds. The number of hydrogen-bond acceptors (Lipinski definition) is 5. The third-order valence-electron chi connectivity index (χ3n) is 9.66. The largest absolute Gasteiger partial charge is 0.463 e. The molecule has 294 valence electrons. The molecular weight excluding hydrogens is 620 g/mol. The molecule has 0 saturated carbocycles. The van der Waals surface area contributed by atoms with Gasteiger partial charge in [0.1, 0.15) is 19.3 Å². The van der Waals surface area contributed by atoms with Crippen molar-refractivity contribution in [3.05, 3.63) is 24.3 Å². The number of ether oxygens (including phenoxy) is 2. The number of hydrogen-bond donors (Lipinski definition) is 1. The van der Waals surface area contributed by atoms with Crippen molar-refractivity contribution in [3.63, 3.8) is 0 Å². The van der Waals surface area contributed by atoms with Crippen LogP contribution in [0.15, 0.2) is 24.3 Å². The first-order valence-corrected chi connectivity index (χ1v) is 21.9. The summed E-state index contributed by atoms with van der Waals surface area (Å²) >= 11 is 0. The van der Waals surface area contributed by atoms with Crippen LogP contribution < -0.4 is 0 Å². The molecule has 5 nitrogen and oxygen atoms in total. The Morgan fingerprint density at radius 3 is 0.920 bits per heavy atom. The third kappa shape index (κ3) is 40.8. The molecule has 1 N–H and O–H groups in total. The molecule has 0 rings (SSSR count). The predicted molar refractivity (Wildman–Crippen MR) is 215 cm³/mol. The molecule has 0 aliphatic rings. The minimum Gasteiger partial charge on any atom is -0.463 e. The number of carbonyl (C=O) groups excluding carboxylic acids is 2. The van der Waals surface area contributed by atoms with E-state index >= 15 is 0 Å². The Bertz CT molecular complexity index is 761. The molecular formula is C45H84O5. The molecule has 0 aromatic heterocycles. The summed E-state index contributed by atoms with van der Waals surface area (Å²) < 4.78 is 10.4. The van der Waals surface area contributed by atoms with E-state index in [1.54, 1.807) is 0 Å². The summed E-state index contributed by atoms with van der Waals surface area (Å²) in [7, 11) is 0. The molecule has 0 fully saturated rings. The van der Waals surface area contributed by atoms with Crippen molar-refractivity contribution in [2.24, 2.45) is 0 Å². The number of rotatable bonds is 40. The number of esters is 2. The van der Waals surface area contributed by atoms with E-state index in [0.717, 1.165) is 38.5 Å². The Hall–Kier alpha value is -1.62. The number of unbranched alkanes of at least 4 members (excludes halogenated alkanes) is 28. The molecule has 0 spiro atoms. The Balaban J connectivity index is 3.41. The van der Waals surface area contributed by atoms with Crippen LogP contribution in [0.2, 0.25) is 0 Å². The van der Waals surface area contributed by atoms with E-state index in [-0.39, 0.29) is 25.2 Å². The lowest BCUT2D eigenvalue weighted by molar-refractivity contribution is -0.152. The van der Waals surface area contributed by atoms with E-state index in [1.165, 1.54) is 167 Å². The number of aliphatic hydroxyl groups is 1. The van der Waals surface area contributed by atoms with Gasteiger partial charge in [-0.05, 0) is 64.2 Å². The molecule has 50 heavy (non-hydrogen) atoms. The molecule has 0 radical (unpaired) electrons. The van der Waals surface area contributed by atoms with Gasteiger partial charge in [0, 0.05) is 12.8 Å². The summed E-state index contributed by atoms with van der Waals surface area (Å²) in [4.78, 5) is 24.0. The van der Waals surface area contributed by atoms with Crippen LogP contribution in [0.1, 0.15) is 232 Å². The molecule has 0 saturated heterocycles. The maximum atomic E-state index is 12.0. The van der Waals surface area contributed by atoms with E-state index < -0.39 is 6.10 Å². The summed E-state index contributed by atoms with van der Waals surface area (Å²) in [6, 6.07) is 0. The van der Waals surface area contributed by atoms with Crippen LogP contribution in [0.5, 0.6) is 0 Å². The van der Waals surface area contributed by atoms with E-state index in [0.29, 0.717) is 12.8 Å². The molecule has 0 aromatic rings. The van der Waals surface area contributed by atoms with Gasteiger partial charge in [0.25, 0.3) is 0 Å². The normalized spacial score (nSPS) is 12.3. The van der Waals surface area contributed by atoms with Gasteiger partial charge in [-0.3, -0.25) is 9.59 Å². The second kappa shape index (κ2) is 41.8. The van der Waals surface area contributed by atoms with Crippen LogP contribution in [-0.2, 0) is 19.1 Å². The lowest BCUT2D eigenvalue weighted by atomic mass is 10.1. The average molecular weight is 705 g/mol. The smallest absolute Gasteiger partial charge is 0.305 e. The summed E-state index contributed by atoms with van der Waals surface area (Å²) in [5.41, 5.74) is 0. The first-order valence-electron chi connectivity index (χ1n) is 21.9. The van der Waals surface area contributed by atoms with Crippen LogP contribution in [0.25, 0.3) is 0 Å². The Kier molecular flexibility index (Phi) is 40.4. The lowest BCUT2D eigenvalue weighted by Gasteiger charge is -2.12. The van der Waals surface area contributed by atoms with Crippen molar-refractivity contribution < 1.29 is 24.2 Å². The fourth-order valence-electron chi connectivity index (χ4n) is 6.31. The van der Waals surface area contributed by atoms with Gasteiger partial charge in [0.15, 0.2) is 0 Å². The van der Waals surface area contributed by atoms with Crippen molar-refractivity contribution >= 4 is 11.9 Å². The van der Waals surface area contributed by atoms with Gasteiger partial charge in [-0.2, -0.15) is 0 Å². The van der Waals surface area contributed by atoms with Crippen molar-refractivity contribution in [1.82, 2.24) is 0 Å². The van der Waals surface area contributed by atoms with E-state index in [9.17, 15) is 14.7 Å². The van der Waals surface area contributed by atoms with Crippen molar-refractivity contribution in [2.45, 2.75) is 238 Å². The highest BCUT2D eigenvalue weighted by Crippen LogP contribution is 2.14. The minimum absolute atomic E-state index is 0.115. The topological polar surface area (TPSA) is 72.8 Å². The predicted octanol–water partition coefficient (Wildman–Crippen LogP) is 13.8. The molecule has 0 aliphatic carbocycles. The molecule has 5 heteroatoms. The summed E-state index contributed by atoms with van der Waals surface area (Å²) in [5.74, 6) is -0.564. The van der Waals surface area contributed by atoms with Crippen molar-refractivity contribution in [3.8, 4) is 0 Å². The van der Waals surface area contributed by atoms with Gasteiger partial charge in [-0.25, -0.2) is 0 Å². The van der Waals surface area contributed by atoms with Crippen molar-refractivity contribution in [1.29, 1.82) is 0 Å². The highest BCUT2D eigenvalue weighted by atomic mass is 16.6. The number of aliphatic hydroxyl groups excluding tert-OH is 1. The van der Waals surface area contributed by atoms with Crippen molar-refractivity contribution in [2.75, 3.05) is 13.2 Å². The van der Waals surface area contributed by atoms with E-state index in [1.807, 2.05) is 0 Å². The standard InChI is InChI=1S/C45H84O5/c1-3-5-7-9-11-13-15-17-19-21-22-24-26-28-30-32-34-36-38-40-45(48)50-42-43(46)41-49-44(47)39-37-35-33-31-29-27-25-23-20-18-16-14-12-10-8-6-4-2/h17-20,43,46H,3-16,21-42H2,1-2H3/b19-17-,20-18-/t43-/m1/s1. The fraction of sp³-hybridized carbons (Fsp3) is 0.867.